The Morgan fingerprint density at radius 2 is 1.86 bits per heavy atom. The van der Waals surface area contributed by atoms with Crippen LogP contribution < -0.4 is 5.32 Å². The van der Waals surface area contributed by atoms with Gasteiger partial charge in [-0.05, 0) is 62.4 Å². The van der Waals surface area contributed by atoms with Crippen LogP contribution >= 0.6 is 0 Å². The molecule has 1 aliphatic rings. The molecule has 2 N–H and O–H groups in total. The van der Waals surface area contributed by atoms with E-state index < -0.39 is 17.5 Å². The largest absolute Gasteiger partial charge is 0.507 e. The van der Waals surface area contributed by atoms with E-state index in [-0.39, 0.29) is 5.56 Å². The lowest BCUT2D eigenvalue weighted by Gasteiger charge is -2.28. The van der Waals surface area contributed by atoms with Gasteiger partial charge in [-0.1, -0.05) is 0 Å². The van der Waals surface area contributed by atoms with Gasteiger partial charge < -0.3 is 15.2 Å². The lowest BCUT2D eigenvalue weighted by molar-refractivity contribution is -0.137. The van der Waals surface area contributed by atoms with Crippen LogP contribution in [0.3, 0.4) is 0 Å². The number of benzene rings is 1. The Labute approximate surface area is 161 Å². The normalized spacial score (nSPS) is 20.3. The van der Waals surface area contributed by atoms with Crippen molar-refractivity contribution in [1.29, 1.82) is 0 Å². The van der Waals surface area contributed by atoms with E-state index in [2.05, 4.69) is 15.5 Å². The Hall–Kier alpha value is -2.19. The first-order chi connectivity index (χ1) is 13.3. The zero-order chi connectivity index (χ0) is 20.3. The molecule has 152 valence electrons. The topological polar surface area (TPSA) is 67.3 Å². The molecule has 5 nitrogen and oxygen atoms in total. The maximum Gasteiger partial charge on any atom is 0.416 e. The third kappa shape index (κ3) is 4.80. The van der Waals surface area contributed by atoms with Crippen molar-refractivity contribution in [3.05, 3.63) is 41.1 Å². The maximum atomic E-state index is 12.9. The Morgan fingerprint density at radius 3 is 2.39 bits per heavy atom. The SMILES string of the molecule is COC1CCC(NCc2ccc(-c3c(C)cc(C(F)(F)F)cc3O)nn2)CC1. The Kier molecular flexibility index (Phi) is 6.20. The number of nitrogens with one attached hydrogen (secondary N) is 1. The Bertz CT molecular complexity index is 778. The molecule has 2 aromatic rings. The third-order valence-electron chi connectivity index (χ3n) is 5.20. The number of rotatable bonds is 5. The van der Waals surface area contributed by atoms with Crippen LogP contribution in [0.4, 0.5) is 13.2 Å². The van der Waals surface area contributed by atoms with Gasteiger partial charge in [0.2, 0.25) is 0 Å². The van der Waals surface area contributed by atoms with Gasteiger partial charge in [0.05, 0.1) is 23.1 Å². The van der Waals surface area contributed by atoms with Gasteiger partial charge in [-0.2, -0.15) is 23.4 Å². The summed E-state index contributed by atoms with van der Waals surface area (Å²) in [5.41, 5.74) is 0.748. The van der Waals surface area contributed by atoms with Gasteiger partial charge >= 0.3 is 6.18 Å². The van der Waals surface area contributed by atoms with Crippen LogP contribution in [-0.4, -0.2) is 34.6 Å². The number of phenolic OH excluding ortho intramolecular Hbond substituents is 1. The van der Waals surface area contributed by atoms with Crippen LogP contribution in [0.15, 0.2) is 24.3 Å². The molecular weight excluding hydrogens is 371 g/mol. The van der Waals surface area contributed by atoms with Gasteiger partial charge in [0, 0.05) is 25.3 Å². The fourth-order valence-corrected chi connectivity index (χ4v) is 3.60. The number of phenols is 1. The van der Waals surface area contributed by atoms with E-state index in [1.54, 1.807) is 19.2 Å². The number of alkyl halides is 3. The highest BCUT2D eigenvalue weighted by Crippen LogP contribution is 2.38. The lowest BCUT2D eigenvalue weighted by Crippen LogP contribution is -2.34. The molecule has 0 spiro atoms. The molecule has 0 bridgehead atoms. The average molecular weight is 395 g/mol. The summed E-state index contributed by atoms with van der Waals surface area (Å²) in [4.78, 5) is 0. The first kappa shape index (κ1) is 20.5. The monoisotopic (exact) mass is 395 g/mol. The van der Waals surface area contributed by atoms with Gasteiger partial charge in [0.25, 0.3) is 0 Å². The summed E-state index contributed by atoms with van der Waals surface area (Å²) in [5.74, 6) is -0.456. The van der Waals surface area contributed by atoms with Crippen molar-refractivity contribution in [3.63, 3.8) is 0 Å². The van der Waals surface area contributed by atoms with E-state index in [0.29, 0.717) is 29.9 Å². The van der Waals surface area contributed by atoms with Crippen LogP contribution in [0.1, 0.15) is 42.5 Å². The standard InChI is InChI=1S/C20H24F3N3O2/c1-12-9-13(20(21,22)23)10-18(27)19(12)17-8-5-15(25-26-17)11-24-14-3-6-16(28-2)7-4-14/h5,8-10,14,16,24,27H,3-4,6-7,11H2,1-2H3. The summed E-state index contributed by atoms with van der Waals surface area (Å²) >= 11 is 0. The van der Waals surface area contributed by atoms with Gasteiger partial charge in [0.15, 0.2) is 0 Å². The average Bonchev–Trinajstić information content (AvgIpc) is 2.66. The minimum Gasteiger partial charge on any atom is -0.507 e. The molecule has 0 atom stereocenters. The molecule has 0 saturated heterocycles. The molecule has 0 aliphatic heterocycles. The molecule has 0 unspecified atom stereocenters. The molecule has 8 heteroatoms. The highest BCUT2D eigenvalue weighted by atomic mass is 19.4. The number of nitrogens with zero attached hydrogens (tertiary/aromatic N) is 2. The number of halogens is 3. The Morgan fingerprint density at radius 1 is 1.14 bits per heavy atom. The number of aryl methyl sites for hydroxylation is 1. The summed E-state index contributed by atoms with van der Waals surface area (Å²) < 4.78 is 44.0. The number of aromatic nitrogens is 2. The van der Waals surface area contributed by atoms with Crippen LogP contribution in [0, 0.1) is 6.92 Å². The molecule has 28 heavy (non-hydrogen) atoms. The first-order valence-electron chi connectivity index (χ1n) is 9.28. The minimum absolute atomic E-state index is 0.262. The summed E-state index contributed by atoms with van der Waals surface area (Å²) in [6.07, 6.45) is -0.0108. The van der Waals surface area contributed by atoms with E-state index >= 15 is 0 Å². The molecule has 0 amide bonds. The van der Waals surface area contributed by atoms with Crippen molar-refractivity contribution in [2.24, 2.45) is 0 Å². The number of aromatic hydroxyl groups is 1. The maximum absolute atomic E-state index is 12.9. The second-order valence-corrected chi connectivity index (χ2v) is 7.19. The molecule has 1 aliphatic carbocycles. The fraction of sp³-hybridized carbons (Fsp3) is 0.500. The molecule has 1 fully saturated rings. The van der Waals surface area contributed by atoms with Crippen LogP contribution in [-0.2, 0) is 17.5 Å². The summed E-state index contributed by atoms with van der Waals surface area (Å²) in [5, 5.41) is 21.8. The molecule has 0 radical (unpaired) electrons. The van der Waals surface area contributed by atoms with E-state index in [1.807, 2.05) is 0 Å². The Balaban J connectivity index is 1.66. The minimum atomic E-state index is -4.51. The quantitative estimate of drug-likeness (QED) is 0.793. The zero-order valence-electron chi connectivity index (χ0n) is 15.9. The van der Waals surface area contributed by atoms with Crippen molar-refractivity contribution in [3.8, 4) is 17.0 Å². The van der Waals surface area contributed by atoms with Crippen molar-refractivity contribution in [2.45, 2.75) is 57.5 Å². The van der Waals surface area contributed by atoms with Gasteiger partial charge in [0.1, 0.15) is 5.75 Å². The smallest absolute Gasteiger partial charge is 0.416 e. The highest BCUT2D eigenvalue weighted by Gasteiger charge is 2.32. The fourth-order valence-electron chi connectivity index (χ4n) is 3.60. The number of ether oxygens (including phenoxy) is 1. The molecule has 1 heterocycles. The summed E-state index contributed by atoms with van der Waals surface area (Å²) in [7, 11) is 1.74. The second-order valence-electron chi connectivity index (χ2n) is 7.19. The van der Waals surface area contributed by atoms with E-state index in [9.17, 15) is 18.3 Å². The summed E-state index contributed by atoms with van der Waals surface area (Å²) in [6, 6.07) is 5.57. The molecule has 3 rings (SSSR count). The first-order valence-corrected chi connectivity index (χ1v) is 9.28. The predicted molar refractivity (Wildman–Crippen MR) is 98.8 cm³/mol. The van der Waals surface area contributed by atoms with Crippen molar-refractivity contribution < 1.29 is 23.0 Å². The van der Waals surface area contributed by atoms with E-state index in [4.69, 9.17) is 4.74 Å². The van der Waals surface area contributed by atoms with E-state index in [0.717, 1.165) is 43.5 Å². The van der Waals surface area contributed by atoms with Crippen LogP contribution in [0.5, 0.6) is 5.75 Å². The van der Waals surface area contributed by atoms with Crippen molar-refractivity contribution in [1.82, 2.24) is 15.5 Å². The molecule has 1 aromatic carbocycles. The van der Waals surface area contributed by atoms with E-state index in [1.165, 1.54) is 6.92 Å². The molecule has 1 aromatic heterocycles. The second kappa shape index (κ2) is 8.45. The summed E-state index contributed by atoms with van der Waals surface area (Å²) in [6.45, 7) is 2.07. The van der Waals surface area contributed by atoms with Crippen LogP contribution in [0.2, 0.25) is 0 Å². The number of methoxy groups -OCH3 is 1. The third-order valence-corrected chi connectivity index (χ3v) is 5.20. The predicted octanol–water partition coefficient (Wildman–Crippen LogP) is 4.22. The van der Waals surface area contributed by atoms with Gasteiger partial charge in [-0.25, -0.2) is 0 Å². The van der Waals surface area contributed by atoms with Crippen molar-refractivity contribution in [2.75, 3.05) is 7.11 Å². The van der Waals surface area contributed by atoms with Gasteiger partial charge in [-0.15, -0.1) is 0 Å². The molecule has 1 saturated carbocycles. The highest BCUT2D eigenvalue weighted by molar-refractivity contribution is 5.71. The number of hydrogen-bond donors (Lipinski definition) is 2. The number of hydrogen-bond acceptors (Lipinski definition) is 5. The van der Waals surface area contributed by atoms with Crippen molar-refractivity contribution >= 4 is 0 Å². The molecular formula is C20H24F3N3O2. The van der Waals surface area contributed by atoms with Crippen LogP contribution in [0.25, 0.3) is 11.3 Å². The zero-order valence-corrected chi connectivity index (χ0v) is 15.9. The van der Waals surface area contributed by atoms with Gasteiger partial charge in [-0.3, -0.25) is 0 Å². The lowest BCUT2D eigenvalue weighted by atomic mass is 9.93.